The van der Waals surface area contributed by atoms with Gasteiger partial charge in [-0.2, -0.15) is 11.8 Å². The molecule has 0 saturated heterocycles. The van der Waals surface area contributed by atoms with Gasteiger partial charge in [0.15, 0.2) is 0 Å². The van der Waals surface area contributed by atoms with Crippen molar-refractivity contribution >= 4 is 11.8 Å². The van der Waals surface area contributed by atoms with Gasteiger partial charge in [-0.1, -0.05) is 6.92 Å². The van der Waals surface area contributed by atoms with Crippen LogP contribution in [0.1, 0.15) is 39.0 Å². The maximum atomic E-state index is 6.02. The smallest absolute Gasteiger partial charge is 0.0203 e. The summed E-state index contributed by atoms with van der Waals surface area (Å²) in [6.07, 6.45) is 7.72. The SMILES string of the molecule is CCSC(CN)C1C2CC3CC(C2)CC1C3. The average molecular weight is 239 g/mol. The van der Waals surface area contributed by atoms with Crippen molar-refractivity contribution < 1.29 is 0 Å². The van der Waals surface area contributed by atoms with Crippen LogP contribution < -0.4 is 5.73 Å². The molecular formula is C14H25NS. The molecule has 16 heavy (non-hydrogen) atoms. The highest BCUT2D eigenvalue weighted by molar-refractivity contribution is 7.99. The van der Waals surface area contributed by atoms with Crippen LogP contribution in [-0.2, 0) is 0 Å². The Morgan fingerprint density at radius 3 is 2.06 bits per heavy atom. The third kappa shape index (κ3) is 1.82. The van der Waals surface area contributed by atoms with E-state index in [4.69, 9.17) is 5.73 Å². The molecule has 0 radical (unpaired) electrons. The molecule has 4 fully saturated rings. The molecule has 1 atom stereocenters. The summed E-state index contributed by atoms with van der Waals surface area (Å²) in [6.45, 7) is 3.19. The molecule has 0 aromatic carbocycles. The second kappa shape index (κ2) is 4.53. The van der Waals surface area contributed by atoms with Crippen molar-refractivity contribution in [1.29, 1.82) is 0 Å². The third-order valence-electron chi connectivity index (χ3n) is 5.34. The molecule has 1 nitrogen and oxygen atoms in total. The van der Waals surface area contributed by atoms with Gasteiger partial charge in [-0.15, -0.1) is 0 Å². The molecule has 2 heteroatoms. The van der Waals surface area contributed by atoms with E-state index in [1.165, 1.54) is 5.75 Å². The molecule has 4 saturated carbocycles. The molecule has 4 bridgehead atoms. The van der Waals surface area contributed by atoms with E-state index in [2.05, 4.69) is 18.7 Å². The lowest BCUT2D eigenvalue weighted by Gasteiger charge is -2.56. The van der Waals surface area contributed by atoms with Gasteiger partial charge in [0, 0.05) is 11.8 Å². The minimum absolute atomic E-state index is 0.764. The standard InChI is InChI=1S/C14H25NS/c1-2-16-13(8-15)14-11-4-9-3-10(6-11)7-12(14)5-9/h9-14H,2-8,15H2,1H3. The van der Waals surface area contributed by atoms with E-state index in [1.54, 1.807) is 32.1 Å². The first-order valence-electron chi connectivity index (χ1n) is 7.13. The summed E-state index contributed by atoms with van der Waals surface area (Å²) in [6, 6.07) is 0. The largest absolute Gasteiger partial charge is 0.329 e. The van der Waals surface area contributed by atoms with E-state index < -0.39 is 0 Å². The van der Waals surface area contributed by atoms with Gasteiger partial charge >= 0.3 is 0 Å². The molecule has 4 aliphatic rings. The Kier molecular flexibility index (Phi) is 3.23. The Morgan fingerprint density at radius 1 is 1.06 bits per heavy atom. The van der Waals surface area contributed by atoms with Crippen molar-refractivity contribution in [2.75, 3.05) is 12.3 Å². The number of hydrogen-bond donors (Lipinski definition) is 1. The fourth-order valence-corrected chi connectivity index (χ4v) is 6.36. The van der Waals surface area contributed by atoms with Crippen molar-refractivity contribution in [3.05, 3.63) is 0 Å². The lowest BCUT2D eigenvalue weighted by atomic mass is 9.51. The zero-order valence-electron chi connectivity index (χ0n) is 10.4. The van der Waals surface area contributed by atoms with Gasteiger partial charge in [0.1, 0.15) is 0 Å². The molecular weight excluding hydrogens is 214 g/mol. The van der Waals surface area contributed by atoms with E-state index in [9.17, 15) is 0 Å². The van der Waals surface area contributed by atoms with Gasteiger partial charge in [-0.25, -0.2) is 0 Å². The van der Waals surface area contributed by atoms with E-state index in [0.29, 0.717) is 0 Å². The van der Waals surface area contributed by atoms with Gasteiger partial charge in [0.05, 0.1) is 0 Å². The van der Waals surface area contributed by atoms with E-state index in [0.717, 1.165) is 41.4 Å². The molecule has 0 aliphatic heterocycles. The van der Waals surface area contributed by atoms with Crippen molar-refractivity contribution in [2.24, 2.45) is 35.3 Å². The summed E-state index contributed by atoms with van der Waals surface area (Å²) in [7, 11) is 0. The first-order chi connectivity index (χ1) is 7.81. The van der Waals surface area contributed by atoms with Crippen LogP contribution in [0.15, 0.2) is 0 Å². The second-order valence-electron chi connectivity index (χ2n) is 6.24. The Morgan fingerprint density at radius 2 is 1.62 bits per heavy atom. The van der Waals surface area contributed by atoms with Crippen LogP contribution in [0.2, 0.25) is 0 Å². The zero-order valence-corrected chi connectivity index (χ0v) is 11.2. The Balaban J connectivity index is 1.75. The van der Waals surface area contributed by atoms with Gasteiger partial charge in [0.2, 0.25) is 0 Å². The predicted octanol–water partition coefficient (Wildman–Crippen LogP) is 3.14. The van der Waals surface area contributed by atoms with Gasteiger partial charge < -0.3 is 5.73 Å². The number of nitrogens with two attached hydrogens (primary N) is 1. The highest BCUT2D eigenvalue weighted by Crippen LogP contribution is 2.58. The maximum Gasteiger partial charge on any atom is 0.0203 e. The van der Waals surface area contributed by atoms with E-state index in [-0.39, 0.29) is 0 Å². The van der Waals surface area contributed by atoms with Crippen LogP contribution in [-0.4, -0.2) is 17.5 Å². The monoisotopic (exact) mass is 239 g/mol. The lowest BCUT2D eigenvalue weighted by Crippen LogP contribution is -2.50. The van der Waals surface area contributed by atoms with Crippen LogP contribution in [0.25, 0.3) is 0 Å². The van der Waals surface area contributed by atoms with Crippen LogP contribution in [0.5, 0.6) is 0 Å². The van der Waals surface area contributed by atoms with E-state index >= 15 is 0 Å². The summed E-state index contributed by atoms with van der Waals surface area (Å²) in [4.78, 5) is 0. The highest BCUT2D eigenvalue weighted by Gasteiger charge is 2.50. The second-order valence-corrected chi connectivity index (χ2v) is 7.75. The quantitative estimate of drug-likeness (QED) is 0.815. The van der Waals surface area contributed by atoms with Crippen LogP contribution >= 0.6 is 11.8 Å². The minimum atomic E-state index is 0.764. The van der Waals surface area contributed by atoms with Crippen molar-refractivity contribution in [1.82, 2.24) is 0 Å². The summed E-state index contributed by atoms with van der Waals surface area (Å²) in [5.41, 5.74) is 6.02. The predicted molar refractivity (Wildman–Crippen MR) is 71.5 cm³/mol. The number of thioether (sulfide) groups is 1. The number of hydrogen-bond acceptors (Lipinski definition) is 2. The lowest BCUT2D eigenvalue weighted by molar-refractivity contribution is -0.0359. The highest BCUT2D eigenvalue weighted by atomic mass is 32.2. The van der Waals surface area contributed by atoms with Gasteiger partial charge in [-0.05, 0) is 67.4 Å². The summed E-state index contributed by atoms with van der Waals surface area (Å²) >= 11 is 2.13. The molecule has 4 aliphatic carbocycles. The van der Waals surface area contributed by atoms with Crippen LogP contribution in [0.4, 0.5) is 0 Å². The first-order valence-corrected chi connectivity index (χ1v) is 8.18. The molecule has 0 aromatic heterocycles. The topological polar surface area (TPSA) is 26.0 Å². The Bertz CT molecular complexity index is 222. The van der Waals surface area contributed by atoms with Crippen molar-refractivity contribution in [2.45, 2.75) is 44.3 Å². The fraction of sp³-hybridized carbons (Fsp3) is 1.00. The van der Waals surface area contributed by atoms with Crippen molar-refractivity contribution in [3.63, 3.8) is 0 Å². The Labute approximate surface area is 104 Å². The number of rotatable bonds is 4. The van der Waals surface area contributed by atoms with Gasteiger partial charge in [0.25, 0.3) is 0 Å². The molecule has 0 heterocycles. The summed E-state index contributed by atoms with van der Waals surface area (Å²) < 4.78 is 0. The fourth-order valence-electron chi connectivity index (χ4n) is 5.12. The average Bonchev–Trinajstić information content (AvgIpc) is 2.26. The molecule has 92 valence electrons. The summed E-state index contributed by atoms with van der Waals surface area (Å²) in [5, 5.41) is 0.764. The first kappa shape index (κ1) is 11.4. The molecule has 0 amide bonds. The molecule has 4 rings (SSSR count). The zero-order chi connectivity index (χ0) is 11.1. The normalized spacial score (nSPS) is 47.2. The van der Waals surface area contributed by atoms with Crippen LogP contribution in [0.3, 0.4) is 0 Å². The maximum absolute atomic E-state index is 6.02. The molecule has 1 unspecified atom stereocenters. The van der Waals surface area contributed by atoms with Crippen LogP contribution in [0, 0.1) is 29.6 Å². The van der Waals surface area contributed by atoms with E-state index in [1.807, 2.05) is 0 Å². The molecule has 0 aromatic rings. The minimum Gasteiger partial charge on any atom is -0.329 e. The molecule has 0 spiro atoms. The van der Waals surface area contributed by atoms with Crippen molar-refractivity contribution in [3.8, 4) is 0 Å². The Hall–Kier alpha value is 0.310. The summed E-state index contributed by atoms with van der Waals surface area (Å²) in [5.74, 6) is 6.51. The molecule has 2 N–H and O–H groups in total. The third-order valence-corrected chi connectivity index (χ3v) is 6.61. The van der Waals surface area contributed by atoms with Gasteiger partial charge in [-0.3, -0.25) is 0 Å².